The Morgan fingerprint density at radius 2 is 0.718 bits per heavy atom. The summed E-state index contributed by atoms with van der Waals surface area (Å²) >= 11 is 0. The Morgan fingerprint density at radius 1 is 0.385 bits per heavy atom. The van der Waals surface area contributed by atoms with E-state index < -0.39 is 16.9 Å². The number of fused-ring (bicyclic) bond motifs is 6. The van der Waals surface area contributed by atoms with Crippen LogP contribution >= 0.6 is 0 Å². The van der Waals surface area contributed by atoms with Gasteiger partial charge >= 0.3 is 0 Å². The quantitative estimate of drug-likeness (QED) is 0.0858. The molecule has 10 aromatic rings. The van der Waals surface area contributed by atoms with Gasteiger partial charge in [-0.15, -0.1) is 0 Å². The molecule has 2 fully saturated rings. The zero-order chi connectivity index (χ0) is 52.0. The first kappa shape index (κ1) is 48.2. The molecule has 0 saturated carbocycles. The van der Waals surface area contributed by atoms with Crippen molar-refractivity contribution in [1.29, 1.82) is 0 Å². The lowest BCUT2D eigenvalue weighted by Crippen LogP contribution is -2.28. The summed E-state index contributed by atoms with van der Waals surface area (Å²) in [6.07, 6.45) is 1.19. The van der Waals surface area contributed by atoms with Crippen LogP contribution < -0.4 is 18.9 Å². The van der Waals surface area contributed by atoms with Crippen LogP contribution in [0.5, 0.6) is 23.0 Å². The van der Waals surface area contributed by atoms with Crippen LogP contribution in [0.2, 0.25) is 0 Å². The van der Waals surface area contributed by atoms with Crippen LogP contribution in [0.25, 0.3) is 21.5 Å². The molecule has 2 heterocycles. The molecular formula is C71H60O7. The van der Waals surface area contributed by atoms with E-state index in [9.17, 15) is 5.11 Å². The predicted molar refractivity (Wildman–Crippen MR) is 307 cm³/mol. The maximum Gasteiger partial charge on any atom is 0.122 e. The van der Waals surface area contributed by atoms with Gasteiger partial charge in [-0.1, -0.05) is 182 Å². The number of aliphatic hydroxyl groups excluding tert-OH is 1. The summed E-state index contributed by atoms with van der Waals surface area (Å²) in [5.41, 5.74) is 11.7. The van der Waals surface area contributed by atoms with Crippen molar-refractivity contribution in [3.8, 4) is 23.0 Å². The van der Waals surface area contributed by atoms with Gasteiger partial charge in [0, 0.05) is 22.7 Å². The predicted octanol–water partition coefficient (Wildman–Crippen LogP) is 14.1. The van der Waals surface area contributed by atoms with Crippen molar-refractivity contribution in [3.63, 3.8) is 0 Å². The van der Waals surface area contributed by atoms with Crippen molar-refractivity contribution >= 4 is 21.5 Å². The highest BCUT2D eigenvalue weighted by molar-refractivity contribution is 5.92. The molecule has 4 aliphatic rings. The van der Waals surface area contributed by atoms with Crippen molar-refractivity contribution in [1.82, 2.24) is 0 Å². The van der Waals surface area contributed by atoms with Crippen LogP contribution in [0, 0.1) is 0 Å². The van der Waals surface area contributed by atoms with E-state index in [1.54, 1.807) is 0 Å². The number of hydrogen-bond acceptors (Lipinski definition) is 7. The second kappa shape index (κ2) is 20.3. The van der Waals surface area contributed by atoms with Crippen LogP contribution in [-0.2, 0) is 20.3 Å². The molecule has 2 aliphatic heterocycles. The third-order valence-electron chi connectivity index (χ3n) is 16.9. The molecule has 7 nitrogen and oxygen atoms in total. The lowest BCUT2D eigenvalue weighted by molar-refractivity contribution is 0.0626. The van der Waals surface area contributed by atoms with E-state index in [0.717, 1.165) is 37.6 Å². The van der Waals surface area contributed by atoms with E-state index in [0.29, 0.717) is 24.7 Å². The van der Waals surface area contributed by atoms with Gasteiger partial charge in [-0.3, -0.25) is 0 Å². The summed E-state index contributed by atoms with van der Waals surface area (Å²) in [5, 5.41) is 16.3. The molecule has 14 rings (SSSR count). The van der Waals surface area contributed by atoms with Crippen molar-refractivity contribution < 1.29 is 33.5 Å². The summed E-state index contributed by atoms with van der Waals surface area (Å²) in [6, 6.07) is 83.0. The SMILES string of the molecule is OC(COc1ccc(C2(c3ccc(OCC4CO4)cc3)CC(c3ccccc3)c3ccc4ccccc4c32)cc1)COc1ccc(C2(c3ccc(OCC4CO4)cc3)CC(c3ccccc3)c3ccc4ccccc4c32)cc1. The van der Waals surface area contributed by atoms with E-state index in [-0.39, 0.29) is 37.3 Å². The number of rotatable bonds is 18. The Kier molecular flexibility index (Phi) is 12.5. The fourth-order valence-corrected chi connectivity index (χ4v) is 13.0. The summed E-state index contributed by atoms with van der Waals surface area (Å²) < 4.78 is 35.8. The van der Waals surface area contributed by atoms with Crippen LogP contribution in [-0.4, -0.2) is 63.1 Å². The minimum atomic E-state index is -0.874. The molecule has 6 atom stereocenters. The summed E-state index contributed by atoms with van der Waals surface area (Å²) in [4.78, 5) is 0. The maximum absolute atomic E-state index is 11.4. The summed E-state index contributed by atoms with van der Waals surface area (Å²) in [6.45, 7) is 2.76. The number of ether oxygens (including phenoxy) is 6. The molecule has 10 aromatic carbocycles. The average molecular weight is 1030 g/mol. The number of epoxide rings is 2. The molecule has 0 amide bonds. The van der Waals surface area contributed by atoms with Gasteiger partial charge in [0.1, 0.15) is 67.7 Å². The first-order valence-corrected chi connectivity index (χ1v) is 27.5. The second-order valence-corrected chi connectivity index (χ2v) is 21.6. The number of benzene rings is 10. The van der Waals surface area contributed by atoms with Crippen molar-refractivity contribution in [2.45, 2.75) is 53.8 Å². The lowest BCUT2D eigenvalue weighted by atomic mass is 9.68. The Bertz CT molecular complexity index is 3480. The van der Waals surface area contributed by atoms with Gasteiger partial charge in [0.2, 0.25) is 0 Å². The zero-order valence-corrected chi connectivity index (χ0v) is 43.4. The molecule has 0 bridgehead atoms. The molecule has 2 saturated heterocycles. The molecular weight excluding hydrogens is 965 g/mol. The highest BCUT2D eigenvalue weighted by Crippen LogP contribution is 2.60. The van der Waals surface area contributed by atoms with Gasteiger partial charge in [0.15, 0.2) is 0 Å². The summed E-state index contributed by atoms with van der Waals surface area (Å²) in [5.74, 6) is 3.38. The molecule has 386 valence electrons. The minimum absolute atomic E-state index is 0.0702. The standard InChI is InChI=1S/C71H60O7/c72-55(41-73-56-29-21-51(22-30-56)70(53-25-33-58(34-26-53)75-43-60-45-77-60)39-66(47-11-3-1-4-12-47)64-37-19-49-15-7-9-17-62(49)68(64)70)42-74-57-31-23-52(24-32-57)71(54-27-35-59(36-28-54)76-44-61-46-78-61)40-67(48-13-5-2-6-14-48)65-38-20-50-16-8-10-18-63(50)69(65)71/h1-38,55,60-61,66-67,72H,39-46H2. The van der Waals surface area contributed by atoms with Crippen LogP contribution in [0.4, 0.5) is 0 Å². The van der Waals surface area contributed by atoms with Crippen molar-refractivity contribution in [2.75, 3.05) is 39.6 Å². The third-order valence-corrected chi connectivity index (χ3v) is 16.9. The Morgan fingerprint density at radius 3 is 1.08 bits per heavy atom. The summed E-state index contributed by atoms with van der Waals surface area (Å²) in [7, 11) is 0. The molecule has 2 aliphatic carbocycles. The Balaban J connectivity index is 0.724. The largest absolute Gasteiger partial charge is 0.491 e. The molecule has 7 heteroatoms. The second-order valence-electron chi connectivity index (χ2n) is 21.6. The van der Waals surface area contributed by atoms with Crippen LogP contribution in [0.1, 0.15) is 80.3 Å². The molecule has 0 radical (unpaired) electrons. The van der Waals surface area contributed by atoms with E-state index >= 15 is 0 Å². The fraction of sp³-hybridized carbons (Fsp3) is 0.211. The monoisotopic (exact) mass is 1020 g/mol. The Labute approximate surface area is 455 Å². The number of hydrogen-bond donors (Lipinski definition) is 1. The van der Waals surface area contributed by atoms with Gasteiger partial charge in [-0.2, -0.15) is 0 Å². The van der Waals surface area contributed by atoms with Crippen LogP contribution in [0.15, 0.2) is 231 Å². The molecule has 1 N–H and O–H groups in total. The smallest absolute Gasteiger partial charge is 0.122 e. The van der Waals surface area contributed by atoms with E-state index in [2.05, 4.69) is 206 Å². The Hall–Kier alpha value is -8.20. The highest BCUT2D eigenvalue weighted by atomic mass is 16.6. The van der Waals surface area contributed by atoms with Gasteiger partial charge < -0.3 is 33.5 Å². The first-order chi connectivity index (χ1) is 38.5. The third kappa shape index (κ3) is 8.96. The van der Waals surface area contributed by atoms with E-state index in [1.165, 1.54) is 77.2 Å². The number of aliphatic hydroxyl groups is 1. The van der Waals surface area contributed by atoms with Gasteiger partial charge in [-0.05, 0) is 139 Å². The topological polar surface area (TPSA) is 82.2 Å². The molecule has 0 spiro atoms. The van der Waals surface area contributed by atoms with Gasteiger partial charge in [0.05, 0.1) is 13.2 Å². The molecule has 78 heavy (non-hydrogen) atoms. The van der Waals surface area contributed by atoms with Gasteiger partial charge in [0.25, 0.3) is 0 Å². The maximum atomic E-state index is 11.4. The van der Waals surface area contributed by atoms with Crippen LogP contribution in [0.3, 0.4) is 0 Å². The fourth-order valence-electron chi connectivity index (χ4n) is 13.0. The normalized spacial score (nSPS) is 22.1. The van der Waals surface area contributed by atoms with E-state index in [4.69, 9.17) is 28.4 Å². The van der Waals surface area contributed by atoms with Crippen molar-refractivity contribution in [3.05, 3.63) is 286 Å². The zero-order valence-electron chi connectivity index (χ0n) is 43.4. The van der Waals surface area contributed by atoms with Gasteiger partial charge in [-0.25, -0.2) is 0 Å². The lowest BCUT2D eigenvalue weighted by Gasteiger charge is -2.34. The highest BCUT2D eigenvalue weighted by Gasteiger charge is 2.49. The minimum Gasteiger partial charge on any atom is -0.491 e. The average Bonchev–Trinajstić information content (AvgIpc) is 4.02. The van der Waals surface area contributed by atoms with Crippen molar-refractivity contribution in [2.24, 2.45) is 0 Å². The molecule has 0 aromatic heterocycles. The first-order valence-electron chi connectivity index (χ1n) is 27.5. The van der Waals surface area contributed by atoms with E-state index in [1.807, 2.05) is 24.3 Å². The molecule has 6 unspecified atom stereocenters.